The number of rotatable bonds is 6. The Morgan fingerprint density at radius 2 is 1.95 bits per heavy atom. The summed E-state index contributed by atoms with van der Waals surface area (Å²) < 4.78 is 26.6. The summed E-state index contributed by atoms with van der Waals surface area (Å²) in [5.41, 5.74) is 6.28. The van der Waals surface area contributed by atoms with Crippen LogP contribution in [0.2, 0.25) is 0 Å². The summed E-state index contributed by atoms with van der Waals surface area (Å²) in [6.07, 6.45) is 2.15. The lowest BCUT2D eigenvalue weighted by molar-refractivity contribution is 0.0963. The minimum atomic E-state index is -3.57. The van der Waals surface area contributed by atoms with Crippen molar-refractivity contribution in [2.75, 3.05) is 13.6 Å². The van der Waals surface area contributed by atoms with Gasteiger partial charge in [0.2, 0.25) is 10.0 Å². The first-order valence-electron chi connectivity index (χ1n) is 6.51. The van der Waals surface area contributed by atoms with Crippen LogP contribution in [0.25, 0.3) is 0 Å². The number of amides is 1. The van der Waals surface area contributed by atoms with E-state index in [0.717, 1.165) is 12.8 Å². The predicted molar refractivity (Wildman–Crippen MR) is 75.7 cm³/mol. The van der Waals surface area contributed by atoms with Crippen LogP contribution in [0.1, 0.15) is 23.2 Å². The van der Waals surface area contributed by atoms with Crippen LogP contribution in [0.4, 0.5) is 0 Å². The molecule has 1 amide bonds. The van der Waals surface area contributed by atoms with Crippen molar-refractivity contribution in [3.05, 3.63) is 29.8 Å². The van der Waals surface area contributed by atoms with Crippen LogP contribution < -0.4 is 15.8 Å². The first-order chi connectivity index (χ1) is 9.44. The van der Waals surface area contributed by atoms with Crippen LogP contribution in [0, 0.1) is 5.92 Å². The minimum Gasteiger partial charge on any atom is -0.355 e. The van der Waals surface area contributed by atoms with E-state index in [0.29, 0.717) is 11.5 Å². The third kappa shape index (κ3) is 3.56. The molecule has 20 heavy (non-hydrogen) atoms. The highest BCUT2D eigenvalue weighted by atomic mass is 32.2. The average Bonchev–Trinajstić information content (AvgIpc) is 3.28. The number of nitrogens with two attached hydrogens (primary N) is 1. The van der Waals surface area contributed by atoms with Crippen molar-refractivity contribution in [2.45, 2.75) is 23.8 Å². The average molecular weight is 297 g/mol. The lowest BCUT2D eigenvalue weighted by Gasteiger charge is -2.12. The second-order valence-corrected chi connectivity index (χ2v) is 6.72. The van der Waals surface area contributed by atoms with E-state index >= 15 is 0 Å². The maximum absolute atomic E-state index is 12.1. The lowest BCUT2D eigenvalue weighted by Crippen LogP contribution is -2.38. The van der Waals surface area contributed by atoms with Crippen LogP contribution in [0.3, 0.4) is 0 Å². The summed E-state index contributed by atoms with van der Waals surface area (Å²) in [5.74, 6) is 0.186. The topological polar surface area (TPSA) is 101 Å². The van der Waals surface area contributed by atoms with Crippen LogP contribution >= 0.6 is 0 Å². The van der Waals surface area contributed by atoms with Crippen molar-refractivity contribution < 1.29 is 13.2 Å². The van der Waals surface area contributed by atoms with E-state index in [9.17, 15) is 13.2 Å². The summed E-state index contributed by atoms with van der Waals surface area (Å²) in [6, 6.07) is 5.66. The monoisotopic (exact) mass is 297 g/mol. The van der Waals surface area contributed by atoms with Gasteiger partial charge in [0.15, 0.2) is 0 Å². The first kappa shape index (κ1) is 15.0. The van der Waals surface area contributed by atoms with Gasteiger partial charge >= 0.3 is 0 Å². The van der Waals surface area contributed by atoms with Gasteiger partial charge in [0, 0.05) is 25.2 Å². The summed E-state index contributed by atoms with van der Waals surface area (Å²) in [6.45, 7) is 0.240. The Hall–Kier alpha value is -1.44. The van der Waals surface area contributed by atoms with E-state index in [1.54, 1.807) is 0 Å². The summed E-state index contributed by atoms with van der Waals surface area (Å²) in [7, 11) is -2.05. The van der Waals surface area contributed by atoms with E-state index < -0.39 is 10.0 Å². The number of sulfonamides is 1. The molecule has 1 atom stereocenters. The van der Waals surface area contributed by atoms with Gasteiger partial charge < -0.3 is 11.1 Å². The zero-order valence-corrected chi connectivity index (χ0v) is 12.1. The third-order valence-electron chi connectivity index (χ3n) is 3.39. The molecule has 1 saturated carbocycles. The van der Waals surface area contributed by atoms with Crippen molar-refractivity contribution >= 4 is 15.9 Å². The molecule has 1 aliphatic rings. The molecule has 6 nitrogen and oxygen atoms in total. The highest BCUT2D eigenvalue weighted by molar-refractivity contribution is 7.89. The van der Waals surface area contributed by atoms with Crippen LogP contribution in [0.15, 0.2) is 29.2 Å². The SMILES string of the molecule is CNC(=O)c1ccc(S(=O)(=O)NCC(N)C2CC2)cc1. The molecule has 1 fully saturated rings. The smallest absolute Gasteiger partial charge is 0.251 e. The molecular weight excluding hydrogens is 278 g/mol. The fourth-order valence-corrected chi connectivity index (χ4v) is 2.98. The molecule has 0 radical (unpaired) electrons. The minimum absolute atomic E-state index is 0.130. The quantitative estimate of drug-likeness (QED) is 0.691. The molecule has 0 bridgehead atoms. The Labute approximate surface area is 118 Å². The molecule has 0 spiro atoms. The number of benzene rings is 1. The summed E-state index contributed by atoms with van der Waals surface area (Å²) in [4.78, 5) is 11.5. The number of carbonyl (C=O) groups excluding carboxylic acids is 1. The molecule has 4 N–H and O–H groups in total. The Balaban J connectivity index is 2.03. The second-order valence-electron chi connectivity index (χ2n) is 4.96. The van der Waals surface area contributed by atoms with Gasteiger partial charge in [-0.05, 0) is 43.0 Å². The maximum Gasteiger partial charge on any atom is 0.251 e. The van der Waals surface area contributed by atoms with Gasteiger partial charge in [-0.3, -0.25) is 4.79 Å². The standard InChI is InChI=1S/C13H19N3O3S/c1-15-13(17)10-4-6-11(7-5-10)20(18,19)16-8-12(14)9-2-3-9/h4-7,9,12,16H,2-3,8,14H2,1H3,(H,15,17). The second kappa shape index (κ2) is 5.90. The molecule has 2 rings (SSSR count). The van der Waals surface area contributed by atoms with E-state index in [-0.39, 0.29) is 23.4 Å². The molecule has 1 aromatic carbocycles. The van der Waals surface area contributed by atoms with Gasteiger partial charge in [-0.1, -0.05) is 0 Å². The highest BCUT2D eigenvalue weighted by Gasteiger charge is 2.29. The lowest BCUT2D eigenvalue weighted by atomic mass is 10.2. The van der Waals surface area contributed by atoms with Gasteiger partial charge in [-0.25, -0.2) is 13.1 Å². The van der Waals surface area contributed by atoms with Gasteiger partial charge in [0.05, 0.1) is 4.90 Å². The zero-order chi connectivity index (χ0) is 14.8. The van der Waals surface area contributed by atoms with E-state index in [2.05, 4.69) is 10.0 Å². The largest absolute Gasteiger partial charge is 0.355 e. The predicted octanol–water partition coefficient (Wildman–Crippen LogP) is 0.0618. The zero-order valence-electron chi connectivity index (χ0n) is 11.3. The van der Waals surface area contributed by atoms with Crippen molar-refractivity contribution in [2.24, 2.45) is 11.7 Å². The number of hydrogen-bond acceptors (Lipinski definition) is 4. The maximum atomic E-state index is 12.1. The van der Waals surface area contributed by atoms with E-state index in [1.165, 1.54) is 31.3 Å². The molecule has 0 aromatic heterocycles. The van der Waals surface area contributed by atoms with Gasteiger partial charge in [0.25, 0.3) is 5.91 Å². The van der Waals surface area contributed by atoms with Crippen LogP contribution in [0.5, 0.6) is 0 Å². The number of carbonyl (C=O) groups is 1. The molecule has 1 unspecified atom stereocenters. The Morgan fingerprint density at radius 1 is 1.35 bits per heavy atom. The Bertz CT molecular complexity index is 579. The van der Waals surface area contributed by atoms with Crippen molar-refractivity contribution in [3.63, 3.8) is 0 Å². The highest BCUT2D eigenvalue weighted by Crippen LogP contribution is 2.31. The number of hydrogen-bond donors (Lipinski definition) is 3. The molecule has 0 heterocycles. The fourth-order valence-electron chi connectivity index (χ4n) is 1.91. The normalized spacial score (nSPS) is 16.7. The third-order valence-corrected chi connectivity index (χ3v) is 4.83. The van der Waals surface area contributed by atoms with Gasteiger partial charge in [0.1, 0.15) is 0 Å². The van der Waals surface area contributed by atoms with Gasteiger partial charge in [-0.15, -0.1) is 0 Å². The molecular formula is C13H19N3O3S. The van der Waals surface area contributed by atoms with E-state index in [1.807, 2.05) is 0 Å². The summed E-state index contributed by atoms with van der Waals surface area (Å²) in [5, 5.41) is 2.48. The van der Waals surface area contributed by atoms with Crippen LogP contribution in [-0.2, 0) is 10.0 Å². The van der Waals surface area contributed by atoms with Crippen molar-refractivity contribution in [1.29, 1.82) is 0 Å². The Morgan fingerprint density at radius 3 is 2.45 bits per heavy atom. The molecule has 110 valence electrons. The molecule has 1 aliphatic carbocycles. The van der Waals surface area contributed by atoms with Crippen molar-refractivity contribution in [3.8, 4) is 0 Å². The molecule has 7 heteroatoms. The van der Waals surface area contributed by atoms with Gasteiger partial charge in [-0.2, -0.15) is 0 Å². The molecule has 0 saturated heterocycles. The molecule has 0 aliphatic heterocycles. The molecule has 1 aromatic rings. The summed E-state index contributed by atoms with van der Waals surface area (Å²) >= 11 is 0. The van der Waals surface area contributed by atoms with Crippen molar-refractivity contribution in [1.82, 2.24) is 10.0 Å². The fraction of sp³-hybridized carbons (Fsp3) is 0.462. The van der Waals surface area contributed by atoms with E-state index in [4.69, 9.17) is 5.73 Å². The Kier molecular flexibility index (Phi) is 4.42. The van der Waals surface area contributed by atoms with Crippen LogP contribution in [-0.4, -0.2) is 34.0 Å². The first-order valence-corrected chi connectivity index (χ1v) is 8.00. The number of nitrogens with one attached hydrogen (secondary N) is 2.